The zero-order chi connectivity index (χ0) is 27.2. The van der Waals surface area contributed by atoms with E-state index in [0.717, 1.165) is 12.1 Å². The van der Waals surface area contributed by atoms with Gasteiger partial charge in [0.25, 0.3) is 0 Å². The largest absolute Gasteiger partial charge is 0.465 e. The predicted molar refractivity (Wildman–Crippen MR) is 136 cm³/mol. The molecule has 0 aliphatic rings. The second kappa shape index (κ2) is 9.62. The van der Waals surface area contributed by atoms with Crippen LogP contribution in [-0.2, 0) is 15.1 Å². The van der Waals surface area contributed by atoms with Crippen molar-refractivity contribution in [1.29, 1.82) is 0 Å². The molecule has 0 unspecified atom stereocenters. The topological polar surface area (TPSA) is 89.4 Å². The number of aromatic amines is 1. The number of carbonyl (C=O) groups is 1. The zero-order valence-corrected chi connectivity index (χ0v) is 20.8. The number of hydrogen-bond acceptors (Lipinski definition) is 5. The molecule has 5 aromatic rings. The van der Waals surface area contributed by atoms with Crippen molar-refractivity contribution in [1.82, 2.24) is 14.8 Å². The second-order valence-corrected chi connectivity index (χ2v) is 8.96. The lowest BCUT2D eigenvalue weighted by molar-refractivity contribution is -0.0422. The smallest absolute Gasteiger partial charge is 0.337 e. The van der Waals surface area contributed by atoms with Gasteiger partial charge in [-0.2, -0.15) is 5.10 Å². The van der Waals surface area contributed by atoms with Crippen molar-refractivity contribution in [3.8, 4) is 16.8 Å². The molecule has 5 rings (SSSR count). The maximum Gasteiger partial charge on any atom is 0.337 e. The van der Waals surface area contributed by atoms with Gasteiger partial charge in [-0.05, 0) is 42.3 Å². The number of benzene rings is 3. The Morgan fingerprint density at radius 3 is 2.45 bits per heavy atom. The molecule has 0 saturated carbocycles. The maximum absolute atomic E-state index is 16.2. The monoisotopic (exact) mass is 523 g/mol. The lowest BCUT2D eigenvalue weighted by atomic mass is 9.89. The summed E-state index contributed by atoms with van der Waals surface area (Å²) in [5.41, 5.74) is 0.211. The molecule has 0 aliphatic heterocycles. The van der Waals surface area contributed by atoms with Gasteiger partial charge in [0.15, 0.2) is 17.5 Å². The molecule has 0 amide bonds. The molecule has 0 spiro atoms. The van der Waals surface area contributed by atoms with Crippen molar-refractivity contribution < 1.29 is 32.5 Å². The highest BCUT2D eigenvalue weighted by atomic mass is 19.2. The Balaban J connectivity index is 1.98. The first-order valence-electron chi connectivity index (χ1n) is 11.8. The first-order chi connectivity index (χ1) is 18.2. The number of esters is 1. The minimum absolute atomic E-state index is 0.121. The molecule has 0 radical (unpaired) electrons. The molecule has 38 heavy (non-hydrogen) atoms. The molecule has 1 atom stereocenters. The van der Waals surface area contributed by atoms with E-state index in [0.29, 0.717) is 22.0 Å². The Labute approximate surface area is 215 Å². The van der Waals surface area contributed by atoms with E-state index in [4.69, 9.17) is 9.47 Å². The first kappa shape index (κ1) is 25.5. The minimum atomic E-state index is -1.67. The number of ether oxygens (including phenoxy) is 2. The first-order valence-corrected chi connectivity index (χ1v) is 11.8. The van der Waals surface area contributed by atoms with Crippen molar-refractivity contribution in [3.63, 3.8) is 0 Å². The number of nitrogens with zero attached hydrogens (tertiary/aromatic N) is 2. The fourth-order valence-electron chi connectivity index (χ4n) is 4.88. The van der Waals surface area contributed by atoms with Crippen LogP contribution in [0.5, 0.6) is 0 Å². The van der Waals surface area contributed by atoms with E-state index < -0.39 is 29.0 Å². The molecule has 2 heterocycles. The lowest BCUT2D eigenvalue weighted by Crippen LogP contribution is -2.33. The van der Waals surface area contributed by atoms with E-state index in [1.807, 2.05) is 0 Å². The van der Waals surface area contributed by atoms with Gasteiger partial charge in [-0.25, -0.2) is 18.0 Å². The number of methoxy groups -OCH3 is 2. The number of aliphatic hydroxyl groups is 1. The highest BCUT2D eigenvalue weighted by Gasteiger charge is 2.38. The normalized spacial score (nSPS) is 13.2. The van der Waals surface area contributed by atoms with Crippen LogP contribution in [0.15, 0.2) is 54.7 Å². The van der Waals surface area contributed by atoms with E-state index in [9.17, 15) is 18.7 Å². The number of hydrogen-bond donors (Lipinski definition) is 2. The van der Waals surface area contributed by atoms with Crippen molar-refractivity contribution >= 4 is 27.8 Å². The van der Waals surface area contributed by atoms with E-state index in [1.165, 1.54) is 43.2 Å². The van der Waals surface area contributed by atoms with Crippen LogP contribution in [-0.4, -0.2) is 46.7 Å². The Morgan fingerprint density at radius 2 is 1.82 bits per heavy atom. The van der Waals surface area contributed by atoms with Crippen LogP contribution in [0.2, 0.25) is 0 Å². The lowest BCUT2D eigenvalue weighted by Gasteiger charge is -2.29. The maximum atomic E-state index is 16.2. The van der Waals surface area contributed by atoms with E-state index in [-0.39, 0.29) is 40.9 Å². The summed E-state index contributed by atoms with van der Waals surface area (Å²) in [4.78, 5) is 12.0. The summed E-state index contributed by atoms with van der Waals surface area (Å²) in [5, 5.41) is 19.1. The third kappa shape index (κ3) is 3.93. The Kier molecular flexibility index (Phi) is 6.46. The molecule has 7 nitrogen and oxygen atoms in total. The van der Waals surface area contributed by atoms with Crippen LogP contribution < -0.4 is 0 Å². The number of halogens is 3. The van der Waals surface area contributed by atoms with Crippen LogP contribution in [0.1, 0.15) is 29.4 Å². The number of aromatic nitrogens is 3. The van der Waals surface area contributed by atoms with Gasteiger partial charge < -0.3 is 19.1 Å². The van der Waals surface area contributed by atoms with Gasteiger partial charge in [0.2, 0.25) is 0 Å². The number of carbonyl (C=O) groups excluding carboxylic acids is 1. The van der Waals surface area contributed by atoms with Crippen LogP contribution in [0.4, 0.5) is 13.2 Å². The van der Waals surface area contributed by atoms with Gasteiger partial charge in [-0.1, -0.05) is 19.1 Å². The van der Waals surface area contributed by atoms with Crippen LogP contribution in [0.3, 0.4) is 0 Å². The van der Waals surface area contributed by atoms with Crippen LogP contribution in [0, 0.1) is 17.5 Å². The van der Waals surface area contributed by atoms with Crippen molar-refractivity contribution in [2.75, 3.05) is 20.8 Å². The summed E-state index contributed by atoms with van der Waals surface area (Å²) in [6.45, 7) is 1.57. The van der Waals surface area contributed by atoms with Gasteiger partial charge in [-0.3, -0.25) is 5.10 Å². The highest BCUT2D eigenvalue weighted by Crippen LogP contribution is 2.46. The Bertz CT molecular complexity index is 1680. The standard InChI is InChI=1S/C28H24F3N3O4/c1-4-28(36,14-37-2)26-22(15-5-7-16(8-6-15)27(35)38-3)23-21(11-17-13-32-33-25(17)24(23)31)34(26)18-9-10-19(29)20(30)12-18/h5-13,36H,4,14H2,1-3H3,(H,32,33)/t28-/m1/s1. The molecule has 3 aromatic carbocycles. The Hall–Kier alpha value is -4.15. The van der Waals surface area contributed by atoms with Crippen LogP contribution >= 0.6 is 0 Å². The quantitative estimate of drug-likeness (QED) is 0.270. The summed E-state index contributed by atoms with van der Waals surface area (Å²) in [6.07, 6.45) is 1.60. The van der Waals surface area contributed by atoms with Gasteiger partial charge in [0.05, 0.1) is 36.7 Å². The number of rotatable bonds is 7. The number of H-pyrrole nitrogens is 1. The molecule has 0 fully saturated rings. The summed E-state index contributed by atoms with van der Waals surface area (Å²) < 4.78 is 56.3. The molecule has 0 aliphatic carbocycles. The average molecular weight is 524 g/mol. The number of nitrogens with one attached hydrogen (secondary N) is 1. The minimum Gasteiger partial charge on any atom is -0.465 e. The zero-order valence-electron chi connectivity index (χ0n) is 20.8. The highest BCUT2D eigenvalue weighted by molar-refractivity contribution is 6.06. The fraction of sp³-hybridized carbons (Fsp3) is 0.214. The predicted octanol–water partition coefficient (Wildman–Crippen LogP) is 5.62. The summed E-state index contributed by atoms with van der Waals surface area (Å²) in [5.74, 6) is -3.33. The fourth-order valence-corrected chi connectivity index (χ4v) is 4.88. The molecule has 0 bridgehead atoms. The molecule has 196 valence electrons. The molecular weight excluding hydrogens is 499 g/mol. The number of fused-ring (bicyclic) bond motifs is 2. The average Bonchev–Trinajstić information content (AvgIpc) is 3.54. The summed E-state index contributed by atoms with van der Waals surface area (Å²) in [7, 11) is 2.69. The van der Waals surface area contributed by atoms with Crippen molar-refractivity contribution in [2.24, 2.45) is 0 Å². The molecule has 2 N–H and O–H groups in total. The van der Waals surface area contributed by atoms with Crippen LogP contribution in [0.25, 0.3) is 38.6 Å². The third-order valence-electron chi connectivity index (χ3n) is 6.77. The molecule has 10 heteroatoms. The SMILES string of the molecule is CC[C@@](O)(COC)c1c(-c2ccc(C(=O)OC)cc2)c2c(F)c3[nH]ncc3cc2n1-c1ccc(F)c(F)c1. The van der Waals surface area contributed by atoms with Gasteiger partial charge >= 0.3 is 5.97 Å². The summed E-state index contributed by atoms with van der Waals surface area (Å²) in [6, 6.07) is 11.3. The molecule has 0 saturated heterocycles. The van der Waals surface area contributed by atoms with E-state index >= 15 is 4.39 Å². The van der Waals surface area contributed by atoms with Gasteiger partial charge in [0.1, 0.15) is 11.1 Å². The third-order valence-corrected chi connectivity index (χ3v) is 6.77. The Morgan fingerprint density at radius 1 is 1.08 bits per heavy atom. The molecule has 2 aromatic heterocycles. The molecular formula is C28H24F3N3O4. The van der Waals surface area contributed by atoms with E-state index in [1.54, 1.807) is 25.1 Å². The summed E-state index contributed by atoms with van der Waals surface area (Å²) >= 11 is 0. The van der Waals surface area contributed by atoms with Gasteiger partial charge in [0, 0.05) is 35.2 Å². The van der Waals surface area contributed by atoms with E-state index in [2.05, 4.69) is 10.2 Å². The second-order valence-electron chi connectivity index (χ2n) is 8.96. The van der Waals surface area contributed by atoms with Crippen molar-refractivity contribution in [3.05, 3.63) is 83.4 Å². The van der Waals surface area contributed by atoms with Crippen molar-refractivity contribution in [2.45, 2.75) is 18.9 Å². The van der Waals surface area contributed by atoms with Gasteiger partial charge in [-0.15, -0.1) is 0 Å².